The number of thiazole rings is 1. The average molecular weight is 377 g/mol. The van der Waals surface area contributed by atoms with Gasteiger partial charge in [-0.1, -0.05) is 15.9 Å². The Labute approximate surface area is 132 Å². The Hall–Kier alpha value is -1.54. The zero-order chi connectivity index (χ0) is 15.4. The molecule has 0 radical (unpaired) electrons. The van der Waals surface area contributed by atoms with E-state index in [2.05, 4.69) is 26.2 Å². The van der Waals surface area contributed by atoms with E-state index in [0.717, 1.165) is 23.5 Å². The average Bonchev–Trinajstić information content (AvgIpc) is 2.81. The van der Waals surface area contributed by atoms with Gasteiger partial charge in [0, 0.05) is 9.85 Å². The lowest BCUT2D eigenvalue weighted by Crippen LogP contribution is -2.07. The topological polar surface area (TPSA) is 51.2 Å². The molecule has 0 atom stereocenters. The Morgan fingerprint density at radius 1 is 1.43 bits per heavy atom. The van der Waals surface area contributed by atoms with Crippen LogP contribution in [-0.4, -0.2) is 17.6 Å². The highest BCUT2D eigenvalue weighted by Crippen LogP contribution is 2.28. The molecule has 0 spiro atoms. The van der Waals surface area contributed by atoms with Gasteiger partial charge in [0.25, 0.3) is 0 Å². The van der Waals surface area contributed by atoms with Crippen molar-refractivity contribution < 1.29 is 18.3 Å². The van der Waals surface area contributed by atoms with E-state index < -0.39 is 17.6 Å². The van der Waals surface area contributed by atoms with Gasteiger partial charge in [0.2, 0.25) is 0 Å². The standard InChI is InChI=1S/C13H11BrF2N2O2S/c1-2-20-11(19)5-8-6-21-13(17-8)18-12-9(15)3-7(14)4-10(12)16/h3-4,6H,2,5H2,1H3,(H,17,18). The van der Waals surface area contributed by atoms with Gasteiger partial charge in [-0.25, -0.2) is 13.8 Å². The molecule has 0 aliphatic heterocycles. The smallest absolute Gasteiger partial charge is 0.311 e. The molecule has 1 aromatic heterocycles. The van der Waals surface area contributed by atoms with Crippen molar-refractivity contribution in [2.24, 2.45) is 0 Å². The molecule has 112 valence electrons. The summed E-state index contributed by atoms with van der Waals surface area (Å²) in [6.07, 6.45) is 0.0251. The molecule has 0 bridgehead atoms. The summed E-state index contributed by atoms with van der Waals surface area (Å²) in [5.74, 6) is -1.86. The van der Waals surface area contributed by atoms with Crippen LogP contribution in [0.3, 0.4) is 0 Å². The first-order chi connectivity index (χ1) is 9.99. The minimum absolute atomic E-state index is 0.0251. The normalized spacial score (nSPS) is 10.5. The molecule has 1 N–H and O–H groups in total. The fourth-order valence-corrected chi connectivity index (χ4v) is 2.69. The van der Waals surface area contributed by atoms with E-state index in [1.54, 1.807) is 12.3 Å². The molecule has 8 heteroatoms. The summed E-state index contributed by atoms with van der Waals surface area (Å²) in [5.41, 5.74) is 0.203. The van der Waals surface area contributed by atoms with Crippen LogP contribution in [0.1, 0.15) is 12.6 Å². The molecule has 0 saturated carbocycles. The van der Waals surface area contributed by atoms with Crippen molar-refractivity contribution >= 4 is 44.1 Å². The van der Waals surface area contributed by atoms with Crippen molar-refractivity contribution in [3.63, 3.8) is 0 Å². The number of carbonyl (C=O) groups excluding carboxylic acids is 1. The number of nitrogens with zero attached hydrogens (tertiary/aromatic N) is 1. The number of hydrogen-bond acceptors (Lipinski definition) is 5. The molecule has 4 nitrogen and oxygen atoms in total. The summed E-state index contributed by atoms with van der Waals surface area (Å²) in [6, 6.07) is 2.30. The number of aromatic nitrogens is 1. The number of hydrogen-bond donors (Lipinski definition) is 1. The van der Waals surface area contributed by atoms with Crippen molar-refractivity contribution in [3.8, 4) is 0 Å². The molecule has 0 amide bonds. The van der Waals surface area contributed by atoms with E-state index in [4.69, 9.17) is 4.74 Å². The van der Waals surface area contributed by atoms with E-state index in [0.29, 0.717) is 21.9 Å². The zero-order valence-electron chi connectivity index (χ0n) is 11.0. The fourth-order valence-electron chi connectivity index (χ4n) is 1.57. The van der Waals surface area contributed by atoms with Crippen molar-refractivity contribution in [3.05, 3.63) is 39.3 Å². The van der Waals surface area contributed by atoms with Crippen LogP contribution in [0.5, 0.6) is 0 Å². The van der Waals surface area contributed by atoms with Gasteiger partial charge in [0.15, 0.2) is 16.8 Å². The highest BCUT2D eigenvalue weighted by Gasteiger charge is 2.13. The van der Waals surface area contributed by atoms with Crippen LogP contribution in [0, 0.1) is 11.6 Å². The molecule has 21 heavy (non-hydrogen) atoms. The molecule has 0 saturated heterocycles. The van der Waals surface area contributed by atoms with Crippen LogP contribution in [0.2, 0.25) is 0 Å². The maximum absolute atomic E-state index is 13.7. The highest BCUT2D eigenvalue weighted by molar-refractivity contribution is 9.10. The van der Waals surface area contributed by atoms with Crippen LogP contribution >= 0.6 is 27.3 Å². The maximum Gasteiger partial charge on any atom is 0.311 e. The van der Waals surface area contributed by atoms with Gasteiger partial charge in [-0.3, -0.25) is 4.79 Å². The van der Waals surface area contributed by atoms with Gasteiger partial charge >= 0.3 is 5.97 Å². The maximum atomic E-state index is 13.7. The van der Waals surface area contributed by atoms with Crippen molar-refractivity contribution in [1.29, 1.82) is 0 Å². The lowest BCUT2D eigenvalue weighted by molar-refractivity contribution is -0.142. The molecule has 0 fully saturated rings. The second kappa shape index (κ2) is 6.95. The summed E-state index contributed by atoms with van der Waals surface area (Å²) in [5, 5.41) is 4.51. The number of anilines is 2. The summed E-state index contributed by atoms with van der Waals surface area (Å²) in [4.78, 5) is 15.4. The molecule has 2 aromatic rings. The van der Waals surface area contributed by atoms with Gasteiger partial charge in [-0.05, 0) is 19.1 Å². The third kappa shape index (κ3) is 4.21. The monoisotopic (exact) mass is 376 g/mol. The first-order valence-electron chi connectivity index (χ1n) is 6.01. The molecule has 0 aliphatic carbocycles. The number of nitrogens with one attached hydrogen (secondary N) is 1. The lowest BCUT2D eigenvalue weighted by Gasteiger charge is -2.06. The van der Waals surface area contributed by atoms with Crippen LogP contribution < -0.4 is 5.32 Å². The first-order valence-corrected chi connectivity index (χ1v) is 7.68. The Morgan fingerprint density at radius 2 is 2.10 bits per heavy atom. The fraction of sp³-hybridized carbons (Fsp3) is 0.231. The van der Waals surface area contributed by atoms with Crippen LogP contribution in [0.4, 0.5) is 19.6 Å². The Bertz CT molecular complexity index is 640. The first kappa shape index (κ1) is 15.8. The third-order valence-corrected chi connectivity index (χ3v) is 3.69. The third-order valence-electron chi connectivity index (χ3n) is 2.42. The second-order valence-corrected chi connectivity index (χ2v) is 5.77. The van der Waals surface area contributed by atoms with Gasteiger partial charge in [-0.2, -0.15) is 0 Å². The van der Waals surface area contributed by atoms with E-state index in [-0.39, 0.29) is 12.1 Å². The summed E-state index contributed by atoms with van der Waals surface area (Å²) >= 11 is 4.16. The van der Waals surface area contributed by atoms with Crippen LogP contribution in [0.15, 0.2) is 22.0 Å². The molecular weight excluding hydrogens is 366 g/mol. The predicted molar refractivity (Wildman–Crippen MR) is 79.8 cm³/mol. The zero-order valence-corrected chi connectivity index (χ0v) is 13.4. The van der Waals surface area contributed by atoms with E-state index in [9.17, 15) is 13.6 Å². The number of rotatable bonds is 5. The summed E-state index contributed by atoms with van der Waals surface area (Å²) in [6.45, 7) is 2.01. The van der Waals surface area contributed by atoms with Gasteiger partial charge in [0.1, 0.15) is 5.69 Å². The predicted octanol–water partition coefficient (Wildman–Crippen LogP) is 4.03. The molecule has 0 aliphatic rings. The SMILES string of the molecule is CCOC(=O)Cc1csc(Nc2c(F)cc(Br)cc2F)n1. The summed E-state index contributed by atoms with van der Waals surface area (Å²) < 4.78 is 32.5. The van der Waals surface area contributed by atoms with Gasteiger partial charge < -0.3 is 10.1 Å². The minimum atomic E-state index is -0.732. The van der Waals surface area contributed by atoms with Gasteiger partial charge in [-0.15, -0.1) is 11.3 Å². The molecule has 1 heterocycles. The minimum Gasteiger partial charge on any atom is -0.466 e. The lowest BCUT2D eigenvalue weighted by atomic mass is 10.3. The molecule has 0 unspecified atom stereocenters. The van der Waals surface area contributed by atoms with Crippen molar-refractivity contribution in [2.75, 3.05) is 11.9 Å². The Morgan fingerprint density at radius 3 is 2.71 bits per heavy atom. The van der Waals surface area contributed by atoms with Crippen LogP contribution in [0.25, 0.3) is 0 Å². The van der Waals surface area contributed by atoms with E-state index in [1.165, 1.54) is 0 Å². The Balaban J connectivity index is 2.11. The highest BCUT2D eigenvalue weighted by atomic mass is 79.9. The van der Waals surface area contributed by atoms with Crippen LogP contribution in [-0.2, 0) is 16.0 Å². The van der Waals surface area contributed by atoms with E-state index >= 15 is 0 Å². The Kier molecular flexibility index (Phi) is 5.24. The number of benzene rings is 1. The molecule has 2 rings (SSSR count). The number of halogens is 3. The number of carbonyl (C=O) groups is 1. The number of ether oxygens (including phenoxy) is 1. The molecule has 1 aromatic carbocycles. The largest absolute Gasteiger partial charge is 0.466 e. The summed E-state index contributed by atoms with van der Waals surface area (Å²) in [7, 11) is 0. The quantitative estimate of drug-likeness (QED) is 0.800. The second-order valence-electron chi connectivity index (χ2n) is 4.00. The number of esters is 1. The molecular formula is C13H11BrF2N2O2S. The van der Waals surface area contributed by atoms with Gasteiger partial charge in [0.05, 0.1) is 18.7 Å². The van der Waals surface area contributed by atoms with E-state index in [1.807, 2.05) is 0 Å². The van der Waals surface area contributed by atoms with Crippen molar-refractivity contribution in [1.82, 2.24) is 4.98 Å². The van der Waals surface area contributed by atoms with Crippen molar-refractivity contribution in [2.45, 2.75) is 13.3 Å².